The van der Waals surface area contributed by atoms with Gasteiger partial charge in [-0.3, -0.25) is 4.79 Å². The minimum absolute atomic E-state index is 0.199. The average Bonchev–Trinajstić information content (AvgIpc) is 2.17. The number of ether oxygens (including phenoxy) is 1. The zero-order valence-corrected chi connectivity index (χ0v) is 9.97. The normalized spacial score (nSPS) is 11.2. The molecule has 15 heavy (non-hydrogen) atoms. The molecule has 1 rings (SSSR count). The molecule has 0 fully saturated rings. The van der Waals surface area contributed by atoms with Crippen LogP contribution in [0.2, 0.25) is 5.02 Å². The van der Waals surface area contributed by atoms with Gasteiger partial charge in [-0.25, -0.2) is 0 Å². The van der Waals surface area contributed by atoms with E-state index in [0.717, 1.165) is 5.56 Å². The summed E-state index contributed by atoms with van der Waals surface area (Å²) in [6.45, 7) is 4.01. The van der Waals surface area contributed by atoms with E-state index in [2.05, 4.69) is 4.74 Å². The van der Waals surface area contributed by atoms with E-state index >= 15 is 0 Å². The van der Waals surface area contributed by atoms with Crippen LogP contribution < -0.4 is 0 Å². The topological polar surface area (TPSA) is 26.3 Å². The van der Waals surface area contributed by atoms with Crippen molar-refractivity contribution in [2.75, 3.05) is 7.11 Å². The zero-order chi connectivity index (χ0) is 11.5. The predicted octanol–water partition coefficient (Wildman–Crippen LogP) is 3.18. The molecule has 0 unspecified atom stereocenters. The molecule has 3 heteroatoms. The largest absolute Gasteiger partial charge is 0.469 e. The lowest BCUT2D eigenvalue weighted by molar-refractivity contribution is -0.141. The Morgan fingerprint density at radius 1 is 1.33 bits per heavy atom. The van der Waals surface area contributed by atoms with Gasteiger partial charge in [-0.15, -0.1) is 0 Å². The number of rotatable bonds is 3. The molecule has 82 valence electrons. The minimum Gasteiger partial charge on any atom is -0.469 e. The summed E-state index contributed by atoms with van der Waals surface area (Å²) in [4.78, 5) is 11.2. The molecule has 1 aromatic rings. The highest BCUT2D eigenvalue weighted by atomic mass is 35.5. The lowest BCUT2D eigenvalue weighted by Gasteiger charge is -2.23. The van der Waals surface area contributed by atoms with Crippen molar-refractivity contribution in [1.82, 2.24) is 0 Å². The van der Waals surface area contributed by atoms with Crippen molar-refractivity contribution in [3.8, 4) is 0 Å². The van der Waals surface area contributed by atoms with Crippen LogP contribution in [0.3, 0.4) is 0 Å². The quantitative estimate of drug-likeness (QED) is 0.740. The van der Waals surface area contributed by atoms with Crippen molar-refractivity contribution in [2.24, 2.45) is 0 Å². The zero-order valence-electron chi connectivity index (χ0n) is 9.21. The third-order valence-corrected chi connectivity index (χ3v) is 2.69. The summed E-state index contributed by atoms with van der Waals surface area (Å²) in [6, 6.07) is 7.53. The Morgan fingerprint density at radius 3 is 2.33 bits per heavy atom. The van der Waals surface area contributed by atoms with Gasteiger partial charge >= 0.3 is 5.97 Å². The van der Waals surface area contributed by atoms with Crippen LogP contribution in [-0.2, 0) is 14.9 Å². The Labute approximate surface area is 95.2 Å². The molecule has 0 saturated carbocycles. The monoisotopic (exact) mass is 226 g/mol. The van der Waals surface area contributed by atoms with Gasteiger partial charge in [0.05, 0.1) is 13.5 Å². The van der Waals surface area contributed by atoms with Gasteiger partial charge < -0.3 is 4.74 Å². The molecule has 0 aliphatic carbocycles. The van der Waals surface area contributed by atoms with Crippen molar-refractivity contribution in [1.29, 1.82) is 0 Å². The first kappa shape index (κ1) is 12.1. The first-order valence-corrected chi connectivity index (χ1v) is 5.16. The molecule has 1 aromatic carbocycles. The molecule has 0 saturated heterocycles. The summed E-state index contributed by atoms with van der Waals surface area (Å²) in [5.74, 6) is -0.199. The van der Waals surface area contributed by atoms with Crippen molar-refractivity contribution >= 4 is 17.6 Å². The minimum atomic E-state index is -0.225. The van der Waals surface area contributed by atoms with Crippen LogP contribution in [0, 0.1) is 0 Å². The first-order valence-electron chi connectivity index (χ1n) is 4.78. The summed E-state index contributed by atoms with van der Waals surface area (Å²) < 4.78 is 4.67. The number of halogens is 1. The maximum atomic E-state index is 11.2. The third kappa shape index (κ3) is 3.24. The van der Waals surface area contributed by atoms with E-state index in [1.165, 1.54) is 7.11 Å². The van der Waals surface area contributed by atoms with E-state index in [-0.39, 0.29) is 11.4 Å². The number of benzene rings is 1. The lowest BCUT2D eigenvalue weighted by Crippen LogP contribution is -2.22. The van der Waals surface area contributed by atoms with Gasteiger partial charge in [0.15, 0.2) is 0 Å². The maximum absolute atomic E-state index is 11.2. The van der Waals surface area contributed by atoms with Crippen LogP contribution in [0.25, 0.3) is 0 Å². The highest BCUT2D eigenvalue weighted by Crippen LogP contribution is 2.28. The Balaban J connectivity index is 2.85. The second-order valence-corrected chi connectivity index (χ2v) is 4.58. The van der Waals surface area contributed by atoms with Crippen molar-refractivity contribution in [3.63, 3.8) is 0 Å². The fraction of sp³-hybridized carbons (Fsp3) is 0.417. The standard InChI is InChI=1S/C12H15ClO2/c1-12(2,8-11(14)15-3)9-4-6-10(13)7-5-9/h4-7H,8H2,1-3H3. The van der Waals surface area contributed by atoms with Gasteiger partial charge in [0, 0.05) is 10.4 Å². The Bertz CT molecular complexity index is 341. The number of hydrogen-bond donors (Lipinski definition) is 0. The van der Waals surface area contributed by atoms with Crippen LogP contribution in [0.1, 0.15) is 25.8 Å². The van der Waals surface area contributed by atoms with Gasteiger partial charge in [0.1, 0.15) is 0 Å². The van der Waals surface area contributed by atoms with Gasteiger partial charge in [-0.1, -0.05) is 37.6 Å². The van der Waals surface area contributed by atoms with E-state index in [1.54, 1.807) is 0 Å². The van der Waals surface area contributed by atoms with E-state index in [1.807, 2.05) is 38.1 Å². The SMILES string of the molecule is COC(=O)CC(C)(C)c1ccc(Cl)cc1. The van der Waals surface area contributed by atoms with E-state index < -0.39 is 0 Å². The van der Waals surface area contributed by atoms with Crippen LogP contribution in [0.15, 0.2) is 24.3 Å². The molecule has 0 amide bonds. The molecule has 0 aromatic heterocycles. The average molecular weight is 227 g/mol. The second kappa shape index (κ2) is 4.67. The number of methoxy groups -OCH3 is 1. The van der Waals surface area contributed by atoms with Crippen LogP contribution >= 0.6 is 11.6 Å². The van der Waals surface area contributed by atoms with Gasteiger partial charge in [0.25, 0.3) is 0 Å². The molecule has 0 spiro atoms. The molecule has 0 N–H and O–H groups in total. The second-order valence-electron chi connectivity index (χ2n) is 4.14. The van der Waals surface area contributed by atoms with Gasteiger partial charge in [-0.05, 0) is 17.7 Å². The van der Waals surface area contributed by atoms with Crippen molar-refractivity contribution in [3.05, 3.63) is 34.9 Å². The molecule has 0 aliphatic heterocycles. The van der Waals surface area contributed by atoms with Crippen LogP contribution in [-0.4, -0.2) is 13.1 Å². The van der Waals surface area contributed by atoms with Crippen LogP contribution in [0.4, 0.5) is 0 Å². The summed E-state index contributed by atoms with van der Waals surface area (Å²) in [6.07, 6.45) is 0.366. The molecule has 0 radical (unpaired) electrons. The summed E-state index contributed by atoms with van der Waals surface area (Å²) in [7, 11) is 1.40. The number of hydrogen-bond acceptors (Lipinski definition) is 2. The van der Waals surface area contributed by atoms with Crippen LogP contribution in [0.5, 0.6) is 0 Å². The van der Waals surface area contributed by atoms with Gasteiger partial charge in [0.2, 0.25) is 0 Å². The lowest BCUT2D eigenvalue weighted by atomic mass is 9.82. The highest BCUT2D eigenvalue weighted by molar-refractivity contribution is 6.30. The highest BCUT2D eigenvalue weighted by Gasteiger charge is 2.24. The fourth-order valence-electron chi connectivity index (χ4n) is 1.44. The molecule has 0 aliphatic rings. The first-order chi connectivity index (χ1) is 6.95. The fourth-order valence-corrected chi connectivity index (χ4v) is 1.56. The number of carbonyl (C=O) groups excluding carboxylic acids is 1. The number of esters is 1. The third-order valence-electron chi connectivity index (χ3n) is 2.44. The molecular formula is C12H15ClO2. The Morgan fingerprint density at radius 2 is 1.87 bits per heavy atom. The van der Waals surface area contributed by atoms with Gasteiger partial charge in [-0.2, -0.15) is 0 Å². The molecule has 0 bridgehead atoms. The Hall–Kier alpha value is -1.02. The van der Waals surface area contributed by atoms with E-state index in [9.17, 15) is 4.79 Å². The summed E-state index contributed by atoms with van der Waals surface area (Å²) in [5, 5.41) is 0.701. The molecule has 0 atom stereocenters. The van der Waals surface area contributed by atoms with Crippen molar-refractivity contribution in [2.45, 2.75) is 25.7 Å². The van der Waals surface area contributed by atoms with E-state index in [0.29, 0.717) is 11.4 Å². The smallest absolute Gasteiger partial charge is 0.306 e. The maximum Gasteiger partial charge on any atom is 0.306 e. The molecule has 0 heterocycles. The van der Waals surface area contributed by atoms with Crippen molar-refractivity contribution < 1.29 is 9.53 Å². The Kier molecular flexibility index (Phi) is 3.75. The number of carbonyl (C=O) groups is 1. The summed E-state index contributed by atoms with van der Waals surface area (Å²) >= 11 is 5.80. The predicted molar refractivity (Wildman–Crippen MR) is 61.1 cm³/mol. The molecule has 2 nitrogen and oxygen atoms in total. The summed E-state index contributed by atoms with van der Waals surface area (Å²) in [5.41, 5.74) is 0.856. The molecular weight excluding hydrogens is 212 g/mol. The van der Waals surface area contributed by atoms with E-state index in [4.69, 9.17) is 11.6 Å².